The fraction of sp³-hybridized carbons (Fsp3) is 0.400. The maximum Gasteiger partial charge on any atom is 0.110 e. The average molecular weight is 259 g/mol. The van der Waals surface area contributed by atoms with Crippen LogP contribution in [-0.4, -0.2) is 30.2 Å². The average Bonchev–Trinajstić information content (AvgIpc) is 2.82. The molecule has 0 aliphatic heterocycles. The first-order valence-corrected chi connectivity index (χ1v) is 6.56. The van der Waals surface area contributed by atoms with E-state index in [-0.39, 0.29) is 0 Å². The molecule has 102 valence electrons. The lowest BCUT2D eigenvalue weighted by molar-refractivity contribution is 0.199. The summed E-state index contributed by atoms with van der Waals surface area (Å²) < 4.78 is 4.99. The van der Waals surface area contributed by atoms with Crippen molar-refractivity contribution in [3.8, 4) is 0 Å². The number of aromatic nitrogens is 2. The Kier molecular flexibility index (Phi) is 5.12. The fourth-order valence-corrected chi connectivity index (χ4v) is 2.00. The number of methoxy groups -OCH3 is 1. The van der Waals surface area contributed by atoms with Crippen LogP contribution in [0.4, 0.5) is 0 Å². The first-order chi connectivity index (χ1) is 9.28. The Labute approximate surface area is 114 Å². The van der Waals surface area contributed by atoms with Crippen molar-refractivity contribution in [2.75, 3.05) is 20.3 Å². The Hall–Kier alpha value is -1.65. The van der Waals surface area contributed by atoms with Crippen LogP contribution in [0.3, 0.4) is 0 Å². The van der Waals surface area contributed by atoms with Gasteiger partial charge in [0.2, 0.25) is 0 Å². The summed E-state index contributed by atoms with van der Waals surface area (Å²) in [7, 11) is 1.71. The molecule has 0 saturated heterocycles. The molecule has 1 aromatic heterocycles. The molecule has 0 atom stereocenters. The van der Waals surface area contributed by atoms with Crippen molar-refractivity contribution in [3.05, 3.63) is 53.1 Å². The van der Waals surface area contributed by atoms with Crippen LogP contribution in [0.15, 0.2) is 30.5 Å². The van der Waals surface area contributed by atoms with Crippen LogP contribution in [0, 0.1) is 6.92 Å². The van der Waals surface area contributed by atoms with E-state index in [1.807, 2.05) is 6.20 Å². The van der Waals surface area contributed by atoms with Crippen LogP contribution < -0.4 is 5.32 Å². The number of hydrogen-bond donors (Lipinski definition) is 2. The highest BCUT2D eigenvalue weighted by Gasteiger charge is 2.02. The van der Waals surface area contributed by atoms with Crippen molar-refractivity contribution < 1.29 is 4.74 Å². The Balaban J connectivity index is 1.87. The number of aromatic amines is 1. The maximum atomic E-state index is 4.99. The van der Waals surface area contributed by atoms with Crippen LogP contribution in [0.1, 0.15) is 22.6 Å². The van der Waals surface area contributed by atoms with Gasteiger partial charge in [0.25, 0.3) is 0 Å². The van der Waals surface area contributed by atoms with Crippen molar-refractivity contribution >= 4 is 0 Å². The highest BCUT2D eigenvalue weighted by molar-refractivity contribution is 5.25. The number of nitrogens with one attached hydrogen (secondary N) is 2. The number of benzene rings is 1. The third-order valence-corrected chi connectivity index (χ3v) is 2.93. The van der Waals surface area contributed by atoms with Gasteiger partial charge in [0.05, 0.1) is 6.61 Å². The molecule has 0 unspecified atom stereocenters. The van der Waals surface area contributed by atoms with E-state index in [2.05, 4.69) is 46.5 Å². The van der Waals surface area contributed by atoms with Crippen molar-refractivity contribution in [1.29, 1.82) is 0 Å². The molecule has 0 fully saturated rings. The van der Waals surface area contributed by atoms with Crippen LogP contribution >= 0.6 is 0 Å². The van der Waals surface area contributed by atoms with Crippen LogP contribution in [0.2, 0.25) is 0 Å². The molecule has 0 bridgehead atoms. The molecular formula is C15H21N3O. The Morgan fingerprint density at radius 2 is 2.26 bits per heavy atom. The van der Waals surface area contributed by atoms with E-state index in [4.69, 9.17) is 4.74 Å². The smallest absolute Gasteiger partial charge is 0.110 e. The van der Waals surface area contributed by atoms with Gasteiger partial charge in [-0.25, -0.2) is 4.98 Å². The summed E-state index contributed by atoms with van der Waals surface area (Å²) in [5, 5.41) is 3.29. The van der Waals surface area contributed by atoms with Gasteiger partial charge in [-0.2, -0.15) is 0 Å². The molecular weight excluding hydrogens is 238 g/mol. The number of imidazole rings is 1. The van der Waals surface area contributed by atoms with Crippen molar-refractivity contribution in [2.24, 2.45) is 0 Å². The summed E-state index contributed by atoms with van der Waals surface area (Å²) in [6, 6.07) is 8.52. The number of rotatable bonds is 7. The summed E-state index contributed by atoms with van der Waals surface area (Å²) in [6.07, 6.45) is 2.74. The molecule has 0 amide bonds. The van der Waals surface area contributed by atoms with Gasteiger partial charge >= 0.3 is 0 Å². The lowest BCUT2D eigenvalue weighted by Crippen LogP contribution is -2.18. The van der Waals surface area contributed by atoms with Crippen molar-refractivity contribution in [1.82, 2.24) is 15.3 Å². The standard InChI is InChI=1S/C15H21N3O/c1-12-4-3-5-13(8-12)9-15-17-11-14(18-15)10-16-6-7-19-2/h3-5,8,11,16H,6-7,9-10H2,1-2H3,(H,17,18). The van der Waals surface area contributed by atoms with E-state index in [9.17, 15) is 0 Å². The predicted molar refractivity (Wildman–Crippen MR) is 76.2 cm³/mol. The monoisotopic (exact) mass is 259 g/mol. The highest BCUT2D eigenvalue weighted by atomic mass is 16.5. The molecule has 0 radical (unpaired) electrons. The van der Waals surface area contributed by atoms with Gasteiger partial charge in [0, 0.05) is 38.5 Å². The summed E-state index contributed by atoms with van der Waals surface area (Å²) in [4.78, 5) is 7.76. The molecule has 1 heterocycles. The molecule has 1 aromatic carbocycles. The SMILES string of the molecule is COCCNCc1cnc(Cc2cccc(C)c2)[nH]1. The molecule has 0 aliphatic carbocycles. The van der Waals surface area contributed by atoms with Crippen LogP contribution in [-0.2, 0) is 17.7 Å². The number of nitrogens with zero attached hydrogens (tertiary/aromatic N) is 1. The Bertz CT molecular complexity index is 508. The quantitative estimate of drug-likeness (QED) is 0.748. The van der Waals surface area contributed by atoms with Gasteiger partial charge in [-0.1, -0.05) is 29.8 Å². The molecule has 4 nitrogen and oxygen atoms in total. The van der Waals surface area contributed by atoms with Crippen molar-refractivity contribution in [3.63, 3.8) is 0 Å². The van der Waals surface area contributed by atoms with E-state index in [0.29, 0.717) is 0 Å². The molecule has 19 heavy (non-hydrogen) atoms. The van der Waals surface area contributed by atoms with Gasteiger partial charge in [-0.3, -0.25) is 0 Å². The van der Waals surface area contributed by atoms with E-state index >= 15 is 0 Å². The van der Waals surface area contributed by atoms with Crippen LogP contribution in [0.25, 0.3) is 0 Å². The molecule has 0 aliphatic rings. The molecule has 2 N–H and O–H groups in total. The molecule has 2 rings (SSSR count). The second-order valence-corrected chi connectivity index (χ2v) is 4.69. The molecule has 2 aromatic rings. The van der Waals surface area contributed by atoms with Gasteiger partial charge < -0.3 is 15.0 Å². The van der Waals surface area contributed by atoms with Crippen molar-refractivity contribution in [2.45, 2.75) is 19.9 Å². The van der Waals surface area contributed by atoms with E-state index in [0.717, 1.165) is 37.6 Å². The number of H-pyrrole nitrogens is 1. The summed E-state index contributed by atoms with van der Waals surface area (Å²) in [5.41, 5.74) is 3.68. The molecule has 4 heteroatoms. The lowest BCUT2D eigenvalue weighted by Gasteiger charge is -2.02. The Morgan fingerprint density at radius 1 is 1.37 bits per heavy atom. The van der Waals surface area contributed by atoms with Gasteiger partial charge in [0.1, 0.15) is 5.82 Å². The molecule has 0 saturated carbocycles. The van der Waals surface area contributed by atoms with E-state index in [1.165, 1.54) is 11.1 Å². The normalized spacial score (nSPS) is 10.8. The summed E-state index contributed by atoms with van der Waals surface area (Å²) in [5.74, 6) is 1.01. The topological polar surface area (TPSA) is 49.9 Å². The van der Waals surface area contributed by atoms with E-state index < -0.39 is 0 Å². The number of aryl methyl sites for hydroxylation is 1. The largest absolute Gasteiger partial charge is 0.383 e. The maximum absolute atomic E-state index is 4.99. The third-order valence-electron chi connectivity index (χ3n) is 2.93. The first-order valence-electron chi connectivity index (χ1n) is 6.56. The number of ether oxygens (including phenoxy) is 1. The molecule has 0 spiro atoms. The summed E-state index contributed by atoms with van der Waals surface area (Å²) in [6.45, 7) is 4.48. The minimum atomic E-state index is 0.726. The van der Waals surface area contributed by atoms with E-state index in [1.54, 1.807) is 7.11 Å². The summed E-state index contributed by atoms with van der Waals surface area (Å²) >= 11 is 0. The second-order valence-electron chi connectivity index (χ2n) is 4.69. The first kappa shape index (κ1) is 13.8. The second kappa shape index (κ2) is 7.07. The highest BCUT2D eigenvalue weighted by Crippen LogP contribution is 2.09. The number of hydrogen-bond acceptors (Lipinski definition) is 3. The minimum absolute atomic E-state index is 0.726. The lowest BCUT2D eigenvalue weighted by atomic mass is 10.1. The minimum Gasteiger partial charge on any atom is -0.383 e. The fourth-order valence-electron chi connectivity index (χ4n) is 2.00. The zero-order valence-corrected chi connectivity index (χ0v) is 11.6. The zero-order valence-electron chi connectivity index (χ0n) is 11.6. The zero-order chi connectivity index (χ0) is 13.5. The van der Waals surface area contributed by atoms with Gasteiger partial charge in [-0.15, -0.1) is 0 Å². The van der Waals surface area contributed by atoms with Crippen LogP contribution in [0.5, 0.6) is 0 Å². The third kappa shape index (κ3) is 4.50. The van der Waals surface area contributed by atoms with Gasteiger partial charge in [-0.05, 0) is 12.5 Å². The van der Waals surface area contributed by atoms with Gasteiger partial charge in [0.15, 0.2) is 0 Å². The predicted octanol–water partition coefficient (Wildman–Crippen LogP) is 2.04. The Morgan fingerprint density at radius 3 is 3.05 bits per heavy atom.